The molecule has 1 aliphatic heterocycles. The summed E-state index contributed by atoms with van der Waals surface area (Å²) >= 11 is 6.21. The van der Waals surface area contributed by atoms with Crippen LogP contribution in [-0.4, -0.2) is 23.4 Å². The third kappa shape index (κ3) is 2.85. The van der Waals surface area contributed by atoms with E-state index < -0.39 is 0 Å². The molecule has 1 aliphatic carbocycles. The van der Waals surface area contributed by atoms with Crippen LogP contribution >= 0.6 is 11.6 Å². The fourth-order valence-electron chi connectivity index (χ4n) is 3.64. The Balaban J connectivity index is 1.65. The summed E-state index contributed by atoms with van der Waals surface area (Å²) in [5.74, 6) is 0.494. The van der Waals surface area contributed by atoms with Gasteiger partial charge in [0.15, 0.2) is 0 Å². The summed E-state index contributed by atoms with van der Waals surface area (Å²) in [6.07, 6.45) is 8.08. The zero-order chi connectivity index (χ0) is 13.9. The molecule has 3 rings (SSSR count). The molecule has 1 unspecified atom stereocenters. The van der Waals surface area contributed by atoms with Crippen molar-refractivity contribution in [3.8, 4) is 0 Å². The van der Waals surface area contributed by atoms with Gasteiger partial charge in [-0.1, -0.05) is 49.1 Å². The van der Waals surface area contributed by atoms with E-state index in [1.165, 1.54) is 32.1 Å². The van der Waals surface area contributed by atoms with E-state index in [1.54, 1.807) is 0 Å². The zero-order valence-corrected chi connectivity index (χ0v) is 12.6. The summed E-state index contributed by atoms with van der Waals surface area (Å²) in [6.45, 7) is 0.943. The maximum atomic E-state index is 12.6. The van der Waals surface area contributed by atoms with Crippen LogP contribution in [0.3, 0.4) is 0 Å². The van der Waals surface area contributed by atoms with Crippen molar-refractivity contribution in [1.29, 1.82) is 0 Å². The van der Waals surface area contributed by atoms with Crippen molar-refractivity contribution in [2.45, 2.75) is 51.0 Å². The molecule has 0 aromatic heterocycles. The van der Waals surface area contributed by atoms with Crippen molar-refractivity contribution in [3.05, 3.63) is 34.9 Å². The Hall–Kier alpha value is -1.02. The van der Waals surface area contributed by atoms with Crippen LogP contribution in [0.15, 0.2) is 24.3 Å². The Morgan fingerprint density at radius 3 is 2.60 bits per heavy atom. The van der Waals surface area contributed by atoms with E-state index in [-0.39, 0.29) is 5.92 Å². The average Bonchev–Trinajstić information content (AvgIpc) is 2.84. The molecule has 0 bridgehead atoms. The molecule has 1 heterocycles. The van der Waals surface area contributed by atoms with Gasteiger partial charge >= 0.3 is 0 Å². The second kappa shape index (κ2) is 6.17. The molecule has 1 saturated heterocycles. The number of hydrogen-bond acceptors (Lipinski definition) is 1. The zero-order valence-electron chi connectivity index (χ0n) is 11.9. The van der Waals surface area contributed by atoms with Crippen molar-refractivity contribution in [3.63, 3.8) is 0 Å². The first kappa shape index (κ1) is 13.9. The molecular weight excluding hydrogens is 270 g/mol. The average molecular weight is 292 g/mol. The molecule has 2 aliphatic rings. The monoisotopic (exact) mass is 291 g/mol. The number of likely N-dealkylation sites (tertiary alicyclic amines) is 1. The number of hydrogen-bond donors (Lipinski definition) is 0. The largest absolute Gasteiger partial charge is 0.339 e. The fourth-order valence-corrected chi connectivity index (χ4v) is 3.85. The van der Waals surface area contributed by atoms with Crippen LogP contribution in [0.2, 0.25) is 5.02 Å². The maximum absolute atomic E-state index is 12.6. The van der Waals surface area contributed by atoms with E-state index >= 15 is 0 Å². The van der Waals surface area contributed by atoms with Gasteiger partial charge in [0, 0.05) is 23.5 Å². The van der Waals surface area contributed by atoms with Crippen LogP contribution in [-0.2, 0) is 11.2 Å². The quantitative estimate of drug-likeness (QED) is 0.822. The van der Waals surface area contributed by atoms with Gasteiger partial charge < -0.3 is 4.90 Å². The standard InChI is InChI=1S/C17H22ClNO/c18-16-9-5-4-6-13(16)12-14-10-11-19(17(14)20)15-7-2-1-3-8-15/h4-6,9,14-15H,1-3,7-8,10-12H2. The molecule has 1 aromatic carbocycles. The lowest BCUT2D eigenvalue weighted by molar-refractivity contribution is -0.133. The topological polar surface area (TPSA) is 20.3 Å². The van der Waals surface area contributed by atoms with E-state index in [4.69, 9.17) is 11.6 Å². The molecule has 3 heteroatoms. The van der Waals surface area contributed by atoms with Crippen LogP contribution in [0.4, 0.5) is 0 Å². The highest BCUT2D eigenvalue weighted by Gasteiger charge is 2.36. The Kier molecular flexibility index (Phi) is 4.30. The Labute approximate surface area is 126 Å². The molecule has 1 amide bonds. The van der Waals surface area contributed by atoms with Gasteiger partial charge in [-0.05, 0) is 37.3 Å². The number of carbonyl (C=O) groups is 1. The predicted octanol–water partition coefficient (Wildman–Crippen LogP) is 4.06. The van der Waals surface area contributed by atoms with Crippen LogP contribution in [0, 0.1) is 5.92 Å². The summed E-state index contributed by atoms with van der Waals surface area (Å²) in [6, 6.07) is 8.40. The first-order chi connectivity index (χ1) is 9.75. The lowest BCUT2D eigenvalue weighted by Crippen LogP contribution is -2.39. The minimum Gasteiger partial charge on any atom is -0.339 e. The van der Waals surface area contributed by atoms with Crippen molar-refractivity contribution in [2.75, 3.05) is 6.54 Å². The van der Waals surface area contributed by atoms with Gasteiger partial charge in [0.1, 0.15) is 0 Å². The highest BCUT2D eigenvalue weighted by molar-refractivity contribution is 6.31. The summed E-state index contributed by atoms with van der Waals surface area (Å²) < 4.78 is 0. The Morgan fingerprint density at radius 2 is 1.85 bits per heavy atom. The lowest BCUT2D eigenvalue weighted by atomic mass is 9.94. The second-order valence-corrected chi connectivity index (χ2v) is 6.51. The van der Waals surface area contributed by atoms with Gasteiger partial charge in [-0.3, -0.25) is 4.79 Å². The van der Waals surface area contributed by atoms with Crippen molar-refractivity contribution in [1.82, 2.24) is 4.90 Å². The van der Waals surface area contributed by atoms with Crippen molar-refractivity contribution >= 4 is 17.5 Å². The molecule has 108 valence electrons. The smallest absolute Gasteiger partial charge is 0.226 e. The van der Waals surface area contributed by atoms with E-state index in [0.717, 1.165) is 30.0 Å². The molecule has 1 saturated carbocycles. The molecule has 0 spiro atoms. The summed E-state index contributed by atoms with van der Waals surface area (Å²) in [4.78, 5) is 14.8. The summed E-state index contributed by atoms with van der Waals surface area (Å²) in [7, 11) is 0. The fraction of sp³-hybridized carbons (Fsp3) is 0.588. The molecule has 2 fully saturated rings. The lowest BCUT2D eigenvalue weighted by Gasteiger charge is -2.31. The molecule has 20 heavy (non-hydrogen) atoms. The highest BCUT2D eigenvalue weighted by Crippen LogP contribution is 2.31. The molecule has 0 N–H and O–H groups in total. The van der Waals surface area contributed by atoms with E-state index in [0.29, 0.717) is 11.9 Å². The minimum atomic E-state index is 0.136. The van der Waals surface area contributed by atoms with Crippen LogP contribution < -0.4 is 0 Å². The van der Waals surface area contributed by atoms with Gasteiger partial charge in [-0.15, -0.1) is 0 Å². The minimum absolute atomic E-state index is 0.136. The molecule has 2 nitrogen and oxygen atoms in total. The van der Waals surface area contributed by atoms with Gasteiger partial charge in [-0.25, -0.2) is 0 Å². The van der Waals surface area contributed by atoms with Gasteiger partial charge in [0.05, 0.1) is 0 Å². The molecule has 0 radical (unpaired) electrons. The van der Waals surface area contributed by atoms with E-state index in [2.05, 4.69) is 4.90 Å². The number of rotatable bonds is 3. The summed E-state index contributed by atoms with van der Waals surface area (Å²) in [5.41, 5.74) is 1.11. The number of benzene rings is 1. The molecular formula is C17H22ClNO. The van der Waals surface area contributed by atoms with E-state index in [1.807, 2.05) is 24.3 Å². The Bertz CT molecular complexity index is 482. The summed E-state index contributed by atoms with van der Waals surface area (Å²) in [5, 5.41) is 0.788. The Morgan fingerprint density at radius 1 is 1.10 bits per heavy atom. The molecule has 1 atom stereocenters. The van der Waals surface area contributed by atoms with Gasteiger partial charge in [0.25, 0.3) is 0 Å². The number of amides is 1. The maximum Gasteiger partial charge on any atom is 0.226 e. The third-order valence-corrected chi connectivity index (χ3v) is 5.16. The normalized spacial score (nSPS) is 24.4. The first-order valence-electron chi connectivity index (χ1n) is 7.79. The van der Waals surface area contributed by atoms with E-state index in [9.17, 15) is 4.79 Å². The number of carbonyl (C=O) groups excluding carboxylic acids is 1. The van der Waals surface area contributed by atoms with Gasteiger partial charge in [0.2, 0.25) is 5.91 Å². The third-order valence-electron chi connectivity index (χ3n) is 4.79. The van der Waals surface area contributed by atoms with Crippen molar-refractivity contribution in [2.24, 2.45) is 5.92 Å². The van der Waals surface area contributed by atoms with Gasteiger partial charge in [-0.2, -0.15) is 0 Å². The molecule has 1 aromatic rings. The van der Waals surface area contributed by atoms with Crippen LogP contribution in [0.1, 0.15) is 44.1 Å². The number of halogens is 1. The first-order valence-corrected chi connectivity index (χ1v) is 8.17. The SMILES string of the molecule is O=C1C(Cc2ccccc2Cl)CCN1C1CCCCC1. The number of nitrogens with zero attached hydrogens (tertiary/aromatic N) is 1. The predicted molar refractivity (Wildman–Crippen MR) is 81.8 cm³/mol. The van der Waals surface area contributed by atoms with Crippen LogP contribution in [0.25, 0.3) is 0 Å². The van der Waals surface area contributed by atoms with Crippen LogP contribution in [0.5, 0.6) is 0 Å². The van der Waals surface area contributed by atoms with Crippen molar-refractivity contribution < 1.29 is 4.79 Å². The highest BCUT2D eigenvalue weighted by atomic mass is 35.5. The second-order valence-electron chi connectivity index (χ2n) is 6.10.